The SMILES string of the molecule is Cc1ccc(CC(=O)CC(CCCN2C(=O)c3ccccc3C2=O)c2nnc(CCCC(C)C)n2C2CC2)c(C)c1. The molecule has 0 spiro atoms. The van der Waals surface area contributed by atoms with E-state index in [1.54, 1.807) is 24.3 Å². The second kappa shape index (κ2) is 12.5. The number of benzene rings is 2. The lowest BCUT2D eigenvalue weighted by Gasteiger charge is -2.20. The van der Waals surface area contributed by atoms with E-state index in [1.165, 1.54) is 10.5 Å². The molecule has 0 N–H and O–H groups in total. The van der Waals surface area contributed by atoms with Crippen molar-refractivity contribution in [3.63, 3.8) is 0 Å². The molecular formula is C34H42N4O3. The third-order valence-electron chi connectivity index (χ3n) is 8.42. The Kier molecular flexibility index (Phi) is 8.81. The number of amides is 2. The van der Waals surface area contributed by atoms with E-state index in [9.17, 15) is 14.4 Å². The molecular weight excluding hydrogens is 512 g/mol. The fraction of sp³-hybridized carbons (Fsp3) is 0.500. The minimum absolute atomic E-state index is 0.115. The van der Waals surface area contributed by atoms with E-state index in [4.69, 9.17) is 5.10 Å². The molecule has 2 aliphatic rings. The van der Waals surface area contributed by atoms with Crippen LogP contribution in [0.3, 0.4) is 0 Å². The zero-order chi connectivity index (χ0) is 29.1. The zero-order valence-corrected chi connectivity index (χ0v) is 24.9. The molecule has 216 valence electrons. The number of aryl methyl sites for hydroxylation is 3. The third kappa shape index (κ3) is 6.66. The lowest BCUT2D eigenvalue weighted by molar-refractivity contribution is -0.118. The van der Waals surface area contributed by atoms with Gasteiger partial charge in [0.2, 0.25) is 0 Å². The molecule has 2 heterocycles. The number of aromatic nitrogens is 3. The predicted octanol–water partition coefficient (Wildman–Crippen LogP) is 6.57. The van der Waals surface area contributed by atoms with Gasteiger partial charge in [-0.3, -0.25) is 19.3 Å². The number of imide groups is 1. The molecule has 3 aromatic rings. The summed E-state index contributed by atoms with van der Waals surface area (Å²) in [5, 5.41) is 9.32. The Balaban J connectivity index is 1.33. The van der Waals surface area contributed by atoms with E-state index >= 15 is 0 Å². The van der Waals surface area contributed by atoms with Crippen LogP contribution in [0, 0.1) is 19.8 Å². The van der Waals surface area contributed by atoms with Crippen molar-refractivity contribution in [1.82, 2.24) is 19.7 Å². The molecule has 1 unspecified atom stereocenters. The van der Waals surface area contributed by atoms with E-state index in [0.717, 1.165) is 54.9 Å². The first kappa shape index (κ1) is 28.9. The molecule has 7 nitrogen and oxygen atoms in total. The van der Waals surface area contributed by atoms with Gasteiger partial charge in [-0.2, -0.15) is 0 Å². The van der Waals surface area contributed by atoms with E-state index in [2.05, 4.69) is 55.6 Å². The monoisotopic (exact) mass is 554 g/mol. The molecule has 2 aromatic carbocycles. The first-order chi connectivity index (χ1) is 19.7. The van der Waals surface area contributed by atoms with Crippen LogP contribution in [-0.2, 0) is 17.6 Å². The molecule has 2 amide bonds. The Bertz CT molecular complexity index is 1400. The second-order valence-electron chi connectivity index (χ2n) is 12.4. The van der Waals surface area contributed by atoms with Crippen LogP contribution < -0.4 is 0 Å². The van der Waals surface area contributed by atoms with E-state index in [-0.39, 0.29) is 23.5 Å². The Morgan fingerprint density at radius 2 is 1.66 bits per heavy atom. The molecule has 41 heavy (non-hydrogen) atoms. The number of fused-ring (bicyclic) bond motifs is 1. The maximum Gasteiger partial charge on any atom is 0.261 e. The second-order valence-corrected chi connectivity index (χ2v) is 12.4. The fourth-order valence-corrected chi connectivity index (χ4v) is 6.05. The van der Waals surface area contributed by atoms with Crippen LogP contribution in [0.5, 0.6) is 0 Å². The number of carbonyl (C=O) groups excluding carboxylic acids is 3. The van der Waals surface area contributed by atoms with Gasteiger partial charge in [-0.25, -0.2) is 0 Å². The number of hydrogen-bond donors (Lipinski definition) is 0. The van der Waals surface area contributed by atoms with Crippen LogP contribution >= 0.6 is 0 Å². The van der Waals surface area contributed by atoms with Crippen molar-refractivity contribution in [2.75, 3.05) is 6.54 Å². The number of nitrogens with zero attached hydrogens (tertiary/aromatic N) is 4. The van der Waals surface area contributed by atoms with Crippen molar-refractivity contribution >= 4 is 17.6 Å². The van der Waals surface area contributed by atoms with Gasteiger partial charge in [0.15, 0.2) is 0 Å². The van der Waals surface area contributed by atoms with Crippen molar-refractivity contribution in [3.8, 4) is 0 Å². The molecule has 0 saturated heterocycles. The highest BCUT2D eigenvalue weighted by Crippen LogP contribution is 2.40. The average Bonchev–Trinajstić information content (AvgIpc) is 3.65. The number of rotatable bonds is 14. The van der Waals surface area contributed by atoms with Crippen molar-refractivity contribution in [3.05, 3.63) is 81.9 Å². The summed E-state index contributed by atoms with van der Waals surface area (Å²) in [6.07, 6.45) is 7.34. The number of hydrogen-bond acceptors (Lipinski definition) is 5. The first-order valence-electron chi connectivity index (χ1n) is 15.2. The van der Waals surface area contributed by atoms with Gasteiger partial charge in [0.1, 0.15) is 17.4 Å². The van der Waals surface area contributed by atoms with Gasteiger partial charge in [0.05, 0.1) is 11.1 Å². The van der Waals surface area contributed by atoms with Crippen LogP contribution in [0.15, 0.2) is 42.5 Å². The molecule has 7 heteroatoms. The Morgan fingerprint density at radius 1 is 0.951 bits per heavy atom. The summed E-state index contributed by atoms with van der Waals surface area (Å²) in [5.74, 6) is 2.15. The molecule has 1 fully saturated rings. The summed E-state index contributed by atoms with van der Waals surface area (Å²) in [5.41, 5.74) is 4.32. The van der Waals surface area contributed by atoms with Crippen LogP contribution in [0.4, 0.5) is 0 Å². The van der Waals surface area contributed by atoms with Gasteiger partial charge in [-0.1, -0.05) is 56.2 Å². The highest BCUT2D eigenvalue weighted by molar-refractivity contribution is 6.21. The quantitative estimate of drug-likeness (QED) is 0.210. The van der Waals surface area contributed by atoms with Crippen LogP contribution in [0.1, 0.15) is 120 Å². The lowest BCUT2D eigenvalue weighted by Crippen LogP contribution is -2.31. The summed E-state index contributed by atoms with van der Waals surface area (Å²) in [6.45, 7) is 8.92. The summed E-state index contributed by atoms with van der Waals surface area (Å²) in [4.78, 5) is 40.7. The Morgan fingerprint density at radius 3 is 2.29 bits per heavy atom. The van der Waals surface area contributed by atoms with Gasteiger partial charge in [-0.05, 0) is 75.1 Å². The van der Waals surface area contributed by atoms with Crippen molar-refractivity contribution < 1.29 is 14.4 Å². The highest BCUT2D eigenvalue weighted by atomic mass is 16.2. The third-order valence-corrected chi connectivity index (χ3v) is 8.42. The zero-order valence-electron chi connectivity index (χ0n) is 24.9. The largest absolute Gasteiger partial charge is 0.312 e. The maximum absolute atomic E-state index is 13.5. The van der Waals surface area contributed by atoms with E-state index in [1.807, 2.05) is 0 Å². The normalized spacial score (nSPS) is 15.6. The fourth-order valence-electron chi connectivity index (χ4n) is 6.05. The van der Waals surface area contributed by atoms with Gasteiger partial charge in [0.25, 0.3) is 11.8 Å². The van der Waals surface area contributed by atoms with Crippen molar-refractivity contribution in [1.29, 1.82) is 0 Å². The summed E-state index contributed by atoms with van der Waals surface area (Å²) in [6, 6.07) is 13.6. The summed E-state index contributed by atoms with van der Waals surface area (Å²) >= 11 is 0. The molecule has 0 bridgehead atoms. The number of ketones is 1. The first-order valence-corrected chi connectivity index (χ1v) is 15.2. The van der Waals surface area contributed by atoms with Crippen LogP contribution in [0.25, 0.3) is 0 Å². The minimum Gasteiger partial charge on any atom is -0.312 e. The average molecular weight is 555 g/mol. The number of Topliss-reactive ketones (excluding diaryl/α,β-unsaturated/α-hetero) is 1. The molecule has 1 aromatic heterocycles. The van der Waals surface area contributed by atoms with Crippen LogP contribution in [-0.4, -0.2) is 43.8 Å². The Hall–Kier alpha value is -3.61. The molecule has 1 aliphatic heterocycles. The van der Waals surface area contributed by atoms with Crippen molar-refractivity contribution in [2.24, 2.45) is 5.92 Å². The van der Waals surface area contributed by atoms with E-state index in [0.29, 0.717) is 55.3 Å². The van der Waals surface area contributed by atoms with Gasteiger partial charge >= 0.3 is 0 Å². The molecule has 1 saturated carbocycles. The van der Waals surface area contributed by atoms with E-state index < -0.39 is 0 Å². The topological polar surface area (TPSA) is 85.2 Å². The van der Waals surface area contributed by atoms with Crippen LogP contribution in [0.2, 0.25) is 0 Å². The van der Waals surface area contributed by atoms with Gasteiger partial charge < -0.3 is 4.57 Å². The molecule has 0 radical (unpaired) electrons. The predicted molar refractivity (Wildman–Crippen MR) is 159 cm³/mol. The number of carbonyl (C=O) groups is 3. The summed E-state index contributed by atoms with van der Waals surface area (Å²) in [7, 11) is 0. The maximum atomic E-state index is 13.5. The molecule has 5 rings (SSSR count). The minimum atomic E-state index is -0.235. The molecule has 1 atom stereocenters. The van der Waals surface area contributed by atoms with Gasteiger partial charge in [0, 0.05) is 37.8 Å². The Labute approximate surface area is 243 Å². The smallest absolute Gasteiger partial charge is 0.261 e. The van der Waals surface area contributed by atoms with Crippen molar-refractivity contribution in [2.45, 2.75) is 97.4 Å². The lowest BCUT2D eigenvalue weighted by atomic mass is 9.92. The molecule has 1 aliphatic carbocycles. The van der Waals surface area contributed by atoms with Gasteiger partial charge in [-0.15, -0.1) is 10.2 Å². The highest BCUT2D eigenvalue weighted by Gasteiger charge is 2.36. The summed E-state index contributed by atoms with van der Waals surface area (Å²) < 4.78 is 2.32. The standard InChI is InChI=1S/C34H42N4O3/c1-22(2)9-7-13-31-35-36-32(38(31)27-16-17-27)26(21-28(39)20-25-15-14-23(3)19-24(25)4)10-8-18-37-33(40)29-11-5-6-12-30(29)34(37)41/h5-6,11-12,14-15,19,22,26-27H,7-10,13,16-18,20-21H2,1-4H3.